The average Bonchev–Trinajstić information content (AvgIpc) is 3.61. The molecule has 0 aliphatic rings. The SMILES string of the molecule is CN(C)CC(N)c1cc(F)cc(-c2nccc3[nH]c(-c4n[nH]c5ccc(-c6cn[nH]c6)cc45)cc23)c1. The number of nitrogens with two attached hydrogens (primary N) is 1. The molecule has 0 saturated heterocycles. The van der Waals surface area contributed by atoms with Crippen LogP contribution in [0.25, 0.3) is 55.6 Å². The van der Waals surface area contributed by atoms with E-state index in [1.54, 1.807) is 12.4 Å². The zero-order chi connectivity index (χ0) is 24.8. The molecule has 0 aliphatic carbocycles. The third-order valence-corrected chi connectivity index (χ3v) is 6.38. The average molecular weight is 481 g/mol. The van der Waals surface area contributed by atoms with Crippen LogP contribution in [0.5, 0.6) is 0 Å². The summed E-state index contributed by atoms with van der Waals surface area (Å²) in [6, 6.07) is 14.7. The summed E-state index contributed by atoms with van der Waals surface area (Å²) in [6.45, 7) is 0.613. The highest BCUT2D eigenvalue weighted by Gasteiger charge is 2.17. The maximum absolute atomic E-state index is 14.6. The molecule has 36 heavy (non-hydrogen) atoms. The quantitative estimate of drug-likeness (QED) is 0.272. The van der Waals surface area contributed by atoms with Crippen LogP contribution in [-0.4, -0.2) is 55.9 Å². The number of H-pyrrole nitrogens is 3. The summed E-state index contributed by atoms with van der Waals surface area (Å²) >= 11 is 0. The van der Waals surface area contributed by atoms with E-state index in [9.17, 15) is 4.39 Å². The molecule has 5 N–H and O–H groups in total. The minimum absolute atomic E-state index is 0.310. The van der Waals surface area contributed by atoms with E-state index in [2.05, 4.69) is 36.4 Å². The number of nitrogens with zero attached hydrogens (tertiary/aromatic N) is 4. The summed E-state index contributed by atoms with van der Waals surface area (Å²) in [6.07, 6.45) is 5.38. The molecule has 6 aromatic rings. The van der Waals surface area contributed by atoms with Gasteiger partial charge in [-0.05, 0) is 67.7 Å². The van der Waals surface area contributed by atoms with Crippen LogP contribution >= 0.6 is 0 Å². The lowest BCUT2D eigenvalue weighted by molar-refractivity contribution is 0.376. The first-order valence-electron chi connectivity index (χ1n) is 11.6. The van der Waals surface area contributed by atoms with Gasteiger partial charge in [-0.25, -0.2) is 4.39 Å². The van der Waals surface area contributed by atoms with Gasteiger partial charge in [0, 0.05) is 52.4 Å². The number of pyridine rings is 1. The van der Waals surface area contributed by atoms with E-state index in [0.29, 0.717) is 17.8 Å². The summed E-state index contributed by atoms with van der Waals surface area (Å²) in [5, 5.41) is 16.5. The van der Waals surface area contributed by atoms with Crippen LogP contribution in [0.4, 0.5) is 4.39 Å². The molecular formula is C27H25FN8. The number of benzene rings is 2. The molecule has 0 bridgehead atoms. The first kappa shape index (κ1) is 22.1. The first-order valence-corrected chi connectivity index (χ1v) is 11.6. The number of fused-ring (bicyclic) bond motifs is 2. The Balaban J connectivity index is 1.45. The van der Waals surface area contributed by atoms with Crippen molar-refractivity contribution in [3.63, 3.8) is 0 Å². The van der Waals surface area contributed by atoms with Crippen molar-refractivity contribution in [1.29, 1.82) is 0 Å². The summed E-state index contributed by atoms with van der Waals surface area (Å²) in [5.74, 6) is -0.337. The molecule has 180 valence electrons. The number of hydrogen-bond acceptors (Lipinski definition) is 5. The molecule has 4 aromatic heterocycles. The van der Waals surface area contributed by atoms with Crippen molar-refractivity contribution in [2.75, 3.05) is 20.6 Å². The van der Waals surface area contributed by atoms with Gasteiger partial charge in [0.2, 0.25) is 0 Å². The zero-order valence-corrected chi connectivity index (χ0v) is 19.9. The number of halogens is 1. The van der Waals surface area contributed by atoms with Gasteiger partial charge in [-0.1, -0.05) is 6.07 Å². The van der Waals surface area contributed by atoms with Crippen LogP contribution in [0.1, 0.15) is 11.6 Å². The lowest BCUT2D eigenvalue weighted by Gasteiger charge is -2.18. The van der Waals surface area contributed by atoms with Gasteiger partial charge in [0.05, 0.1) is 23.1 Å². The molecular weight excluding hydrogens is 455 g/mol. The van der Waals surface area contributed by atoms with Gasteiger partial charge in [-0.15, -0.1) is 0 Å². The fourth-order valence-corrected chi connectivity index (χ4v) is 4.68. The Morgan fingerprint density at radius 3 is 2.61 bits per heavy atom. The van der Waals surface area contributed by atoms with Crippen molar-refractivity contribution < 1.29 is 4.39 Å². The van der Waals surface area contributed by atoms with Crippen molar-refractivity contribution in [2.45, 2.75) is 6.04 Å². The van der Waals surface area contributed by atoms with Gasteiger partial charge in [-0.3, -0.25) is 15.2 Å². The van der Waals surface area contributed by atoms with Crippen molar-refractivity contribution in [3.05, 3.63) is 78.5 Å². The van der Waals surface area contributed by atoms with E-state index in [1.807, 2.05) is 55.5 Å². The Hall–Kier alpha value is -4.34. The second kappa shape index (κ2) is 8.71. The highest BCUT2D eigenvalue weighted by atomic mass is 19.1. The highest BCUT2D eigenvalue weighted by Crippen LogP contribution is 2.35. The van der Waals surface area contributed by atoms with Crippen LogP contribution in [0.15, 0.2) is 67.1 Å². The number of aromatic nitrogens is 6. The number of likely N-dealkylation sites (N-methyl/N-ethyl adjacent to an activating group) is 1. The number of nitrogens with one attached hydrogen (secondary N) is 3. The molecule has 1 atom stereocenters. The van der Waals surface area contributed by atoms with Crippen LogP contribution < -0.4 is 5.73 Å². The second-order valence-electron chi connectivity index (χ2n) is 9.27. The largest absolute Gasteiger partial charge is 0.353 e. The summed E-state index contributed by atoms with van der Waals surface area (Å²) in [5.41, 5.74) is 13.9. The number of hydrogen-bond donors (Lipinski definition) is 4. The Labute approximate surface area is 206 Å². The minimum atomic E-state index is -0.337. The predicted molar refractivity (Wildman–Crippen MR) is 140 cm³/mol. The smallest absolute Gasteiger partial charge is 0.124 e. The van der Waals surface area contributed by atoms with Crippen molar-refractivity contribution >= 4 is 21.8 Å². The maximum atomic E-state index is 14.6. The fourth-order valence-electron chi connectivity index (χ4n) is 4.68. The lowest BCUT2D eigenvalue weighted by Crippen LogP contribution is -2.26. The van der Waals surface area contributed by atoms with Crippen LogP contribution in [-0.2, 0) is 0 Å². The fraction of sp³-hybridized carbons (Fsp3) is 0.148. The van der Waals surface area contributed by atoms with Crippen LogP contribution in [0.3, 0.4) is 0 Å². The number of rotatable bonds is 6. The van der Waals surface area contributed by atoms with E-state index in [-0.39, 0.29) is 11.9 Å². The van der Waals surface area contributed by atoms with Crippen molar-refractivity contribution in [1.82, 2.24) is 35.3 Å². The Morgan fingerprint density at radius 2 is 1.81 bits per heavy atom. The molecule has 0 fully saturated rings. The third kappa shape index (κ3) is 3.94. The van der Waals surface area contributed by atoms with Gasteiger partial charge >= 0.3 is 0 Å². The summed E-state index contributed by atoms with van der Waals surface area (Å²) < 4.78 is 14.6. The van der Waals surface area contributed by atoms with E-state index >= 15 is 0 Å². The lowest BCUT2D eigenvalue weighted by atomic mass is 10.00. The molecule has 6 rings (SSSR count). The van der Waals surface area contributed by atoms with Gasteiger partial charge in [0.1, 0.15) is 11.5 Å². The molecule has 0 saturated carbocycles. The minimum Gasteiger partial charge on any atom is -0.353 e. The van der Waals surface area contributed by atoms with Gasteiger partial charge in [0.25, 0.3) is 0 Å². The molecule has 1 unspecified atom stereocenters. The standard InChI is InChI=1S/C27H25FN8/c1-36(2)14-22(29)16-7-17(9-19(28)8-16)26-21-11-25(33-23(21)5-6-30-26)27-20-10-15(18-12-31-32-13-18)3-4-24(20)34-35-27/h3-13,22,33H,14,29H2,1-2H3,(H,31,32)(H,34,35). The molecule has 4 heterocycles. The van der Waals surface area contributed by atoms with E-state index in [4.69, 9.17) is 5.73 Å². The van der Waals surface area contributed by atoms with Gasteiger partial charge in [-0.2, -0.15) is 10.2 Å². The Bertz CT molecular complexity index is 1680. The van der Waals surface area contributed by atoms with Gasteiger partial charge < -0.3 is 15.6 Å². The first-order chi connectivity index (χ1) is 17.5. The zero-order valence-electron chi connectivity index (χ0n) is 19.9. The van der Waals surface area contributed by atoms with Crippen LogP contribution in [0, 0.1) is 5.82 Å². The van der Waals surface area contributed by atoms with E-state index in [0.717, 1.165) is 49.9 Å². The molecule has 2 aromatic carbocycles. The van der Waals surface area contributed by atoms with Gasteiger partial charge in [0.15, 0.2) is 0 Å². The second-order valence-corrected chi connectivity index (χ2v) is 9.27. The third-order valence-electron chi connectivity index (χ3n) is 6.38. The molecule has 0 amide bonds. The molecule has 8 nitrogen and oxygen atoms in total. The highest BCUT2D eigenvalue weighted by molar-refractivity contribution is 6.00. The monoisotopic (exact) mass is 480 g/mol. The topological polar surface area (TPSA) is 115 Å². The molecule has 9 heteroatoms. The summed E-state index contributed by atoms with van der Waals surface area (Å²) in [4.78, 5) is 10.1. The van der Waals surface area contributed by atoms with E-state index < -0.39 is 0 Å². The molecule has 0 spiro atoms. The number of aromatic amines is 3. The normalized spacial score (nSPS) is 12.7. The van der Waals surface area contributed by atoms with Crippen molar-refractivity contribution in [2.24, 2.45) is 5.73 Å². The van der Waals surface area contributed by atoms with E-state index in [1.165, 1.54) is 12.1 Å². The molecule has 0 aliphatic heterocycles. The Kier molecular flexibility index (Phi) is 5.36. The predicted octanol–water partition coefficient (Wildman–Crippen LogP) is 4.86. The maximum Gasteiger partial charge on any atom is 0.124 e. The summed E-state index contributed by atoms with van der Waals surface area (Å²) in [7, 11) is 3.89. The Morgan fingerprint density at radius 1 is 0.944 bits per heavy atom. The van der Waals surface area contributed by atoms with Crippen molar-refractivity contribution in [3.8, 4) is 33.8 Å². The van der Waals surface area contributed by atoms with Crippen LogP contribution in [0.2, 0.25) is 0 Å². The molecule has 0 radical (unpaired) electrons.